The van der Waals surface area contributed by atoms with Crippen LogP contribution in [0.5, 0.6) is 0 Å². The molecule has 0 aliphatic heterocycles. The van der Waals surface area contributed by atoms with Crippen molar-refractivity contribution in [3.8, 4) is 11.3 Å². The Morgan fingerprint density at radius 3 is 2.68 bits per heavy atom. The lowest BCUT2D eigenvalue weighted by Crippen LogP contribution is -2.16. The average molecular weight is 365 g/mol. The lowest BCUT2D eigenvalue weighted by molar-refractivity contribution is 0.597. The van der Waals surface area contributed by atoms with Gasteiger partial charge in [0, 0.05) is 18.5 Å². The minimum Gasteiger partial charge on any atom is -0.367 e. The van der Waals surface area contributed by atoms with Gasteiger partial charge in [-0.1, -0.05) is 11.6 Å². The van der Waals surface area contributed by atoms with Gasteiger partial charge in [0.05, 0.1) is 15.7 Å². The third kappa shape index (κ3) is 2.86. The van der Waals surface area contributed by atoms with E-state index in [4.69, 9.17) is 16.7 Å². The predicted molar refractivity (Wildman–Crippen MR) is 74.4 cm³/mol. The Kier molecular flexibility index (Phi) is 3.77. The van der Waals surface area contributed by atoms with E-state index in [9.17, 15) is 13.2 Å². The van der Waals surface area contributed by atoms with Crippen LogP contribution in [0.2, 0.25) is 5.15 Å². The summed E-state index contributed by atoms with van der Waals surface area (Å²) < 4.78 is 23.4. The fourth-order valence-electron chi connectivity index (χ4n) is 1.46. The number of halogens is 2. The lowest BCUT2D eigenvalue weighted by atomic mass is 10.2. The number of pyridine rings is 2. The van der Waals surface area contributed by atoms with Crippen molar-refractivity contribution in [2.45, 2.75) is 4.90 Å². The van der Waals surface area contributed by atoms with Gasteiger partial charge < -0.3 is 4.98 Å². The zero-order valence-electron chi connectivity index (χ0n) is 9.22. The van der Waals surface area contributed by atoms with Gasteiger partial charge >= 0.3 is 0 Å². The van der Waals surface area contributed by atoms with Crippen molar-refractivity contribution in [1.82, 2.24) is 9.97 Å². The average Bonchev–Trinajstić information content (AvgIpc) is 2.31. The van der Waals surface area contributed by atoms with Gasteiger partial charge in [0.1, 0.15) is 10.0 Å². The summed E-state index contributed by atoms with van der Waals surface area (Å²) in [5.41, 5.74) is -0.409. The quantitative estimate of drug-likeness (QED) is 0.788. The highest BCUT2D eigenvalue weighted by atomic mass is 79.9. The second kappa shape index (κ2) is 5.04. The van der Waals surface area contributed by atoms with Crippen molar-refractivity contribution < 1.29 is 8.42 Å². The van der Waals surface area contributed by atoms with Gasteiger partial charge in [-0.15, -0.1) is 0 Å². The Bertz CT molecular complexity index is 804. The molecular weight excluding hydrogens is 358 g/mol. The van der Waals surface area contributed by atoms with Crippen molar-refractivity contribution in [1.29, 1.82) is 0 Å². The Hall–Kier alpha value is -1.22. The Labute approximate surface area is 121 Å². The first-order valence-electron chi connectivity index (χ1n) is 4.87. The molecule has 0 unspecified atom stereocenters. The van der Waals surface area contributed by atoms with Crippen molar-refractivity contribution in [2.75, 3.05) is 0 Å². The first-order valence-corrected chi connectivity index (χ1v) is 7.59. The number of hydrogen-bond acceptors (Lipinski definition) is 4. The number of nitrogens with zero attached hydrogens (tertiary/aromatic N) is 1. The summed E-state index contributed by atoms with van der Waals surface area (Å²) in [5, 5.41) is 5.15. The van der Waals surface area contributed by atoms with Gasteiger partial charge in [0.15, 0.2) is 5.43 Å². The largest absolute Gasteiger partial charge is 0.367 e. The molecule has 0 bridgehead atoms. The summed E-state index contributed by atoms with van der Waals surface area (Å²) in [6, 6.07) is 2.46. The molecular formula is C10H7BrClN3O3S. The molecule has 0 spiro atoms. The van der Waals surface area contributed by atoms with Crippen LogP contribution in [-0.2, 0) is 10.0 Å². The number of sulfonamides is 1. The topological polar surface area (TPSA) is 106 Å². The number of hydrogen-bond donors (Lipinski definition) is 2. The second-order valence-corrected chi connectivity index (χ2v) is 6.32. The van der Waals surface area contributed by atoms with Crippen LogP contribution < -0.4 is 10.6 Å². The summed E-state index contributed by atoms with van der Waals surface area (Å²) in [7, 11) is -4.04. The minimum absolute atomic E-state index is 0.0330. The SMILES string of the molecule is NS(=O)(=O)c1cc(Br)c(Cl)nc1-c1c[nH]ccc1=O. The Morgan fingerprint density at radius 1 is 1.42 bits per heavy atom. The molecule has 0 saturated heterocycles. The number of nitrogens with one attached hydrogen (secondary N) is 1. The number of aromatic amines is 1. The molecule has 0 aromatic carbocycles. The number of H-pyrrole nitrogens is 1. The summed E-state index contributed by atoms with van der Waals surface area (Å²) in [4.78, 5) is 18.1. The van der Waals surface area contributed by atoms with Crippen LogP contribution in [-0.4, -0.2) is 18.4 Å². The molecule has 6 nitrogen and oxygen atoms in total. The first kappa shape index (κ1) is 14.2. The molecule has 0 amide bonds. The Morgan fingerprint density at radius 2 is 2.11 bits per heavy atom. The van der Waals surface area contributed by atoms with Crippen molar-refractivity contribution in [2.24, 2.45) is 5.14 Å². The number of aromatic nitrogens is 2. The van der Waals surface area contributed by atoms with Crippen molar-refractivity contribution in [3.63, 3.8) is 0 Å². The molecule has 2 heterocycles. The second-order valence-electron chi connectivity index (χ2n) is 3.58. The normalized spacial score (nSPS) is 11.5. The minimum atomic E-state index is -4.04. The highest BCUT2D eigenvalue weighted by molar-refractivity contribution is 9.10. The third-order valence-electron chi connectivity index (χ3n) is 2.28. The molecule has 2 aromatic rings. The van der Waals surface area contributed by atoms with E-state index in [-0.39, 0.29) is 25.8 Å². The maximum atomic E-state index is 11.7. The molecule has 3 N–H and O–H groups in total. The predicted octanol–water partition coefficient (Wildman–Crippen LogP) is 1.50. The lowest BCUT2D eigenvalue weighted by Gasteiger charge is -2.08. The molecule has 0 radical (unpaired) electrons. The summed E-state index contributed by atoms with van der Waals surface area (Å²) >= 11 is 8.90. The smallest absolute Gasteiger partial charge is 0.240 e. The van der Waals surface area contributed by atoms with Crippen molar-refractivity contribution in [3.05, 3.63) is 44.4 Å². The van der Waals surface area contributed by atoms with Gasteiger partial charge in [-0.3, -0.25) is 4.79 Å². The standard InChI is InChI=1S/C10H7BrClN3O3S/c11-6-3-8(19(13,17)18)9(15-10(6)12)5-4-14-2-1-7(5)16/h1-4H,(H,14,16)(H2,13,17,18). The van der Waals surface area contributed by atoms with E-state index in [0.29, 0.717) is 0 Å². The molecule has 0 saturated carbocycles. The van der Waals surface area contributed by atoms with Gasteiger partial charge in [0.2, 0.25) is 10.0 Å². The van der Waals surface area contributed by atoms with E-state index in [1.807, 2.05) is 0 Å². The summed E-state index contributed by atoms with van der Waals surface area (Å²) in [6.07, 6.45) is 2.76. The van der Waals surface area contributed by atoms with E-state index in [0.717, 1.165) is 0 Å². The van der Waals surface area contributed by atoms with Gasteiger partial charge in [-0.25, -0.2) is 18.5 Å². The molecule has 0 fully saturated rings. The molecule has 9 heteroatoms. The van der Waals surface area contributed by atoms with Gasteiger partial charge in [-0.05, 0) is 22.0 Å². The fourth-order valence-corrected chi connectivity index (χ4v) is 2.78. The molecule has 0 atom stereocenters. The van der Waals surface area contributed by atoms with E-state index in [1.165, 1.54) is 24.5 Å². The third-order valence-corrected chi connectivity index (χ3v) is 4.33. The van der Waals surface area contributed by atoms with E-state index in [2.05, 4.69) is 25.9 Å². The summed E-state index contributed by atoms with van der Waals surface area (Å²) in [6.45, 7) is 0. The highest BCUT2D eigenvalue weighted by Gasteiger charge is 2.21. The highest BCUT2D eigenvalue weighted by Crippen LogP contribution is 2.29. The van der Waals surface area contributed by atoms with E-state index < -0.39 is 15.5 Å². The van der Waals surface area contributed by atoms with Gasteiger partial charge in [-0.2, -0.15) is 0 Å². The van der Waals surface area contributed by atoms with Crippen LogP contribution in [0.25, 0.3) is 11.3 Å². The van der Waals surface area contributed by atoms with Gasteiger partial charge in [0.25, 0.3) is 0 Å². The number of primary sulfonamides is 1. The van der Waals surface area contributed by atoms with Crippen LogP contribution in [0.3, 0.4) is 0 Å². The molecule has 0 aliphatic carbocycles. The molecule has 19 heavy (non-hydrogen) atoms. The maximum absolute atomic E-state index is 11.7. The van der Waals surface area contributed by atoms with Crippen LogP contribution in [0, 0.1) is 0 Å². The summed E-state index contributed by atoms with van der Waals surface area (Å²) in [5.74, 6) is 0. The van der Waals surface area contributed by atoms with Crippen LogP contribution in [0.4, 0.5) is 0 Å². The van der Waals surface area contributed by atoms with E-state index >= 15 is 0 Å². The van der Waals surface area contributed by atoms with Crippen LogP contribution >= 0.6 is 27.5 Å². The van der Waals surface area contributed by atoms with Crippen LogP contribution in [0.15, 0.2) is 38.7 Å². The zero-order chi connectivity index (χ0) is 14.2. The number of nitrogens with two attached hydrogens (primary N) is 1. The van der Waals surface area contributed by atoms with Crippen molar-refractivity contribution >= 4 is 37.6 Å². The zero-order valence-corrected chi connectivity index (χ0v) is 12.4. The maximum Gasteiger partial charge on any atom is 0.240 e. The molecule has 0 aliphatic rings. The van der Waals surface area contributed by atoms with E-state index in [1.54, 1.807) is 0 Å². The monoisotopic (exact) mass is 363 g/mol. The van der Waals surface area contributed by atoms with Crippen LogP contribution in [0.1, 0.15) is 0 Å². The number of rotatable bonds is 2. The molecule has 2 aromatic heterocycles. The fraction of sp³-hybridized carbons (Fsp3) is 0. The molecule has 2 rings (SSSR count). The first-order chi connectivity index (χ1) is 8.80. The Balaban J connectivity index is 2.88. The molecule has 100 valence electrons.